The fraction of sp³-hybridized carbons (Fsp3) is 0.571. The van der Waals surface area contributed by atoms with Crippen LogP contribution in [0.25, 0.3) is 0 Å². The van der Waals surface area contributed by atoms with Crippen molar-refractivity contribution < 1.29 is 4.39 Å². The minimum absolute atomic E-state index is 0.192. The van der Waals surface area contributed by atoms with Crippen molar-refractivity contribution in [2.45, 2.75) is 45.2 Å². The molecule has 1 saturated carbocycles. The third-order valence-electron chi connectivity index (χ3n) is 3.72. The molecule has 1 fully saturated rings. The van der Waals surface area contributed by atoms with Crippen LogP contribution in [0.15, 0.2) is 18.2 Å². The highest BCUT2D eigenvalue weighted by Crippen LogP contribution is 2.27. The molecule has 2 rings (SSSR count). The molecule has 1 aliphatic rings. The predicted octanol–water partition coefficient (Wildman–Crippen LogP) is 4.15. The van der Waals surface area contributed by atoms with E-state index in [-0.39, 0.29) is 10.8 Å². The lowest BCUT2D eigenvalue weighted by atomic mass is 9.99. The van der Waals surface area contributed by atoms with Gasteiger partial charge < -0.3 is 5.32 Å². The van der Waals surface area contributed by atoms with Crippen molar-refractivity contribution in [3.8, 4) is 0 Å². The van der Waals surface area contributed by atoms with Gasteiger partial charge in [0.05, 0.1) is 5.02 Å². The van der Waals surface area contributed by atoms with Gasteiger partial charge in [0.25, 0.3) is 0 Å². The Morgan fingerprint density at radius 3 is 2.76 bits per heavy atom. The number of hydrogen-bond donors (Lipinski definition) is 1. The van der Waals surface area contributed by atoms with E-state index in [2.05, 4.69) is 12.2 Å². The average Bonchev–Trinajstić information content (AvgIpc) is 2.84. The van der Waals surface area contributed by atoms with Gasteiger partial charge in [0.1, 0.15) is 5.82 Å². The molecule has 1 atom stereocenters. The standard InChI is InChI=1S/C14H19ClFN/c1-10(12-4-2-3-5-12)17-9-11-6-7-13(15)14(16)8-11/h6-8,10,12,17H,2-5,9H2,1H3. The molecule has 1 N–H and O–H groups in total. The maximum absolute atomic E-state index is 13.2. The quantitative estimate of drug-likeness (QED) is 0.852. The third kappa shape index (κ3) is 3.43. The Labute approximate surface area is 107 Å². The van der Waals surface area contributed by atoms with Crippen LogP contribution in [-0.4, -0.2) is 6.04 Å². The molecular weight excluding hydrogens is 237 g/mol. The topological polar surface area (TPSA) is 12.0 Å². The molecule has 0 bridgehead atoms. The summed E-state index contributed by atoms with van der Waals surface area (Å²) in [5.41, 5.74) is 0.955. The summed E-state index contributed by atoms with van der Waals surface area (Å²) in [6.07, 6.45) is 5.35. The van der Waals surface area contributed by atoms with Crippen LogP contribution >= 0.6 is 11.6 Å². The number of benzene rings is 1. The molecule has 17 heavy (non-hydrogen) atoms. The summed E-state index contributed by atoms with van der Waals surface area (Å²) in [4.78, 5) is 0. The van der Waals surface area contributed by atoms with E-state index < -0.39 is 0 Å². The molecule has 1 nitrogen and oxygen atoms in total. The first kappa shape index (κ1) is 12.8. The lowest BCUT2D eigenvalue weighted by Crippen LogP contribution is -2.31. The summed E-state index contributed by atoms with van der Waals surface area (Å²) in [6.45, 7) is 2.94. The zero-order chi connectivity index (χ0) is 12.3. The second-order valence-electron chi connectivity index (χ2n) is 4.96. The van der Waals surface area contributed by atoms with Gasteiger partial charge in [0.15, 0.2) is 0 Å². The highest BCUT2D eigenvalue weighted by molar-refractivity contribution is 6.30. The molecule has 0 aromatic heterocycles. The van der Waals surface area contributed by atoms with Crippen LogP contribution in [0.2, 0.25) is 5.02 Å². The zero-order valence-electron chi connectivity index (χ0n) is 10.2. The summed E-state index contributed by atoms with van der Waals surface area (Å²) in [7, 11) is 0. The molecule has 1 aromatic carbocycles. The first-order chi connectivity index (χ1) is 8.16. The summed E-state index contributed by atoms with van der Waals surface area (Å²) in [5.74, 6) is 0.451. The lowest BCUT2D eigenvalue weighted by molar-refractivity contribution is 0.380. The van der Waals surface area contributed by atoms with Crippen LogP contribution in [0.5, 0.6) is 0 Å². The summed E-state index contributed by atoms with van der Waals surface area (Å²) in [5, 5.41) is 3.67. The first-order valence-corrected chi connectivity index (χ1v) is 6.72. The normalized spacial score (nSPS) is 18.5. The van der Waals surface area contributed by atoms with E-state index in [0.29, 0.717) is 12.6 Å². The highest BCUT2D eigenvalue weighted by Gasteiger charge is 2.20. The Balaban J connectivity index is 1.86. The van der Waals surface area contributed by atoms with Crippen LogP contribution in [0.1, 0.15) is 38.2 Å². The van der Waals surface area contributed by atoms with Crippen LogP contribution in [0.4, 0.5) is 4.39 Å². The summed E-state index contributed by atoms with van der Waals surface area (Å²) >= 11 is 5.65. The van der Waals surface area contributed by atoms with Gasteiger partial charge in [-0.15, -0.1) is 0 Å². The average molecular weight is 256 g/mol. The van der Waals surface area contributed by atoms with Crippen LogP contribution in [-0.2, 0) is 6.54 Å². The van der Waals surface area contributed by atoms with Crippen molar-refractivity contribution in [2.24, 2.45) is 5.92 Å². The Kier molecular flexibility index (Phi) is 4.41. The van der Waals surface area contributed by atoms with Crippen molar-refractivity contribution in [1.29, 1.82) is 0 Å². The minimum atomic E-state index is -0.334. The number of hydrogen-bond acceptors (Lipinski definition) is 1. The molecule has 0 spiro atoms. The third-order valence-corrected chi connectivity index (χ3v) is 4.03. The molecule has 1 aromatic rings. The first-order valence-electron chi connectivity index (χ1n) is 6.34. The maximum Gasteiger partial charge on any atom is 0.142 e. The molecule has 3 heteroatoms. The van der Waals surface area contributed by atoms with Crippen molar-refractivity contribution in [3.63, 3.8) is 0 Å². The van der Waals surface area contributed by atoms with Gasteiger partial charge in [-0.3, -0.25) is 0 Å². The van der Waals surface area contributed by atoms with Crippen molar-refractivity contribution in [1.82, 2.24) is 5.32 Å². The summed E-state index contributed by atoms with van der Waals surface area (Å²) in [6, 6.07) is 5.51. The Bertz CT molecular complexity index is 374. The van der Waals surface area contributed by atoms with Crippen LogP contribution < -0.4 is 5.32 Å². The molecule has 0 saturated heterocycles. The van der Waals surface area contributed by atoms with E-state index >= 15 is 0 Å². The van der Waals surface area contributed by atoms with Gasteiger partial charge in [0, 0.05) is 12.6 Å². The van der Waals surface area contributed by atoms with Crippen LogP contribution in [0, 0.1) is 11.7 Å². The van der Waals surface area contributed by atoms with Gasteiger partial charge in [0.2, 0.25) is 0 Å². The minimum Gasteiger partial charge on any atom is -0.310 e. The van der Waals surface area contributed by atoms with E-state index in [1.165, 1.54) is 31.7 Å². The lowest BCUT2D eigenvalue weighted by Gasteiger charge is -2.20. The number of nitrogens with one attached hydrogen (secondary N) is 1. The molecule has 0 amide bonds. The smallest absolute Gasteiger partial charge is 0.142 e. The van der Waals surface area contributed by atoms with Crippen LogP contribution in [0.3, 0.4) is 0 Å². The zero-order valence-corrected chi connectivity index (χ0v) is 10.9. The number of rotatable bonds is 4. The van der Waals surface area contributed by atoms with Gasteiger partial charge in [-0.2, -0.15) is 0 Å². The molecule has 0 radical (unpaired) electrons. The maximum atomic E-state index is 13.2. The fourth-order valence-corrected chi connectivity index (χ4v) is 2.67. The van der Waals surface area contributed by atoms with Crippen molar-refractivity contribution in [2.75, 3.05) is 0 Å². The second-order valence-corrected chi connectivity index (χ2v) is 5.37. The van der Waals surface area contributed by atoms with E-state index in [4.69, 9.17) is 11.6 Å². The summed E-state index contributed by atoms with van der Waals surface area (Å²) < 4.78 is 13.2. The monoisotopic (exact) mass is 255 g/mol. The second kappa shape index (κ2) is 5.83. The van der Waals surface area contributed by atoms with Crippen molar-refractivity contribution in [3.05, 3.63) is 34.6 Å². The van der Waals surface area contributed by atoms with Crippen molar-refractivity contribution >= 4 is 11.6 Å². The van der Waals surface area contributed by atoms with Gasteiger partial charge >= 0.3 is 0 Å². The molecule has 1 aliphatic carbocycles. The SMILES string of the molecule is CC(NCc1ccc(Cl)c(F)c1)C1CCCC1. The molecular formula is C14H19ClFN. The Hall–Kier alpha value is -0.600. The van der Waals surface area contributed by atoms with E-state index in [9.17, 15) is 4.39 Å². The van der Waals surface area contributed by atoms with Gasteiger partial charge in [-0.25, -0.2) is 4.39 Å². The van der Waals surface area contributed by atoms with E-state index in [1.807, 2.05) is 6.07 Å². The Morgan fingerprint density at radius 2 is 2.12 bits per heavy atom. The Morgan fingerprint density at radius 1 is 1.41 bits per heavy atom. The number of halogens is 2. The van der Waals surface area contributed by atoms with E-state index in [0.717, 1.165) is 11.5 Å². The molecule has 0 aliphatic heterocycles. The largest absolute Gasteiger partial charge is 0.310 e. The van der Waals surface area contributed by atoms with Gasteiger partial charge in [-0.05, 0) is 43.4 Å². The fourth-order valence-electron chi connectivity index (χ4n) is 2.55. The highest BCUT2D eigenvalue weighted by atomic mass is 35.5. The molecule has 1 unspecified atom stereocenters. The molecule has 0 heterocycles. The molecule has 94 valence electrons. The van der Waals surface area contributed by atoms with Gasteiger partial charge in [-0.1, -0.05) is 30.5 Å². The predicted molar refractivity (Wildman–Crippen MR) is 69.7 cm³/mol. The van der Waals surface area contributed by atoms with E-state index in [1.54, 1.807) is 6.07 Å².